The summed E-state index contributed by atoms with van der Waals surface area (Å²) in [4.78, 5) is 14.2. The topological polar surface area (TPSA) is 46.3 Å². The van der Waals surface area contributed by atoms with Crippen LogP contribution in [-0.4, -0.2) is 23.0 Å². The summed E-state index contributed by atoms with van der Waals surface area (Å²) in [6.07, 6.45) is 1.27. The maximum absolute atomic E-state index is 12.4. The first-order valence-corrected chi connectivity index (χ1v) is 7.82. The van der Waals surface area contributed by atoms with Gasteiger partial charge in [0.1, 0.15) is 5.69 Å². The van der Waals surface area contributed by atoms with E-state index in [-0.39, 0.29) is 12.3 Å². The van der Waals surface area contributed by atoms with Crippen molar-refractivity contribution in [1.82, 2.24) is 10.1 Å². The summed E-state index contributed by atoms with van der Waals surface area (Å²) in [7, 11) is 1.82. The Labute approximate surface area is 135 Å². The quantitative estimate of drug-likeness (QED) is 0.723. The standard InChI is InChI=1S/C19H20N2O2/c1-3-14-8-10-15(11-9-14)13-21(2)19(22)12-17-16-6-4-5-7-18(16)23-20-17/h4-11H,3,12-13H2,1-2H3. The molecule has 1 heterocycles. The van der Waals surface area contributed by atoms with E-state index in [0.29, 0.717) is 17.8 Å². The van der Waals surface area contributed by atoms with Gasteiger partial charge < -0.3 is 9.42 Å². The largest absolute Gasteiger partial charge is 0.356 e. The molecular formula is C19H20N2O2. The first-order chi connectivity index (χ1) is 11.2. The Kier molecular flexibility index (Phi) is 4.42. The monoisotopic (exact) mass is 308 g/mol. The van der Waals surface area contributed by atoms with Crippen LogP contribution in [0.5, 0.6) is 0 Å². The Morgan fingerprint density at radius 2 is 1.78 bits per heavy atom. The Bertz CT molecular complexity index is 806. The lowest BCUT2D eigenvalue weighted by atomic mass is 10.1. The third-order valence-corrected chi connectivity index (χ3v) is 4.05. The van der Waals surface area contributed by atoms with Crippen molar-refractivity contribution >= 4 is 16.9 Å². The molecule has 0 saturated heterocycles. The third-order valence-electron chi connectivity index (χ3n) is 4.05. The number of para-hydroxylation sites is 1. The molecule has 4 heteroatoms. The first kappa shape index (κ1) is 15.3. The van der Waals surface area contributed by atoms with Crippen LogP contribution in [0, 0.1) is 0 Å². The van der Waals surface area contributed by atoms with Gasteiger partial charge in [-0.2, -0.15) is 0 Å². The SMILES string of the molecule is CCc1ccc(CN(C)C(=O)Cc2noc3ccccc23)cc1. The highest BCUT2D eigenvalue weighted by atomic mass is 16.5. The van der Waals surface area contributed by atoms with E-state index >= 15 is 0 Å². The number of benzene rings is 2. The fourth-order valence-corrected chi connectivity index (χ4v) is 2.59. The van der Waals surface area contributed by atoms with Crippen LogP contribution in [0.1, 0.15) is 23.7 Å². The molecule has 0 saturated carbocycles. The predicted octanol–water partition coefficient (Wildman–Crippen LogP) is 3.59. The van der Waals surface area contributed by atoms with Gasteiger partial charge in [-0.25, -0.2) is 0 Å². The van der Waals surface area contributed by atoms with E-state index in [2.05, 4.69) is 36.3 Å². The van der Waals surface area contributed by atoms with E-state index in [4.69, 9.17) is 4.52 Å². The number of likely N-dealkylation sites (N-methyl/N-ethyl adjacent to an activating group) is 1. The molecule has 0 spiro atoms. The van der Waals surface area contributed by atoms with E-state index < -0.39 is 0 Å². The van der Waals surface area contributed by atoms with Gasteiger partial charge in [0.05, 0.1) is 6.42 Å². The minimum Gasteiger partial charge on any atom is -0.356 e. The average molecular weight is 308 g/mol. The molecule has 0 bridgehead atoms. The third kappa shape index (κ3) is 3.42. The molecule has 4 nitrogen and oxygen atoms in total. The maximum Gasteiger partial charge on any atom is 0.228 e. The molecule has 1 aromatic heterocycles. The van der Waals surface area contributed by atoms with Crippen LogP contribution < -0.4 is 0 Å². The van der Waals surface area contributed by atoms with Crippen molar-refractivity contribution in [3.8, 4) is 0 Å². The van der Waals surface area contributed by atoms with Crippen molar-refractivity contribution in [2.75, 3.05) is 7.05 Å². The summed E-state index contributed by atoms with van der Waals surface area (Å²) in [5.74, 6) is 0.0311. The summed E-state index contributed by atoms with van der Waals surface area (Å²) >= 11 is 0. The first-order valence-electron chi connectivity index (χ1n) is 7.82. The zero-order chi connectivity index (χ0) is 16.2. The van der Waals surface area contributed by atoms with Crippen molar-refractivity contribution in [2.24, 2.45) is 0 Å². The lowest BCUT2D eigenvalue weighted by Crippen LogP contribution is -2.27. The molecule has 0 aliphatic rings. The number of rotatable bonds is 5. The van der Waals surface area contributed by atoms with Crippen molar-refractivity contribution in [3.63, 3.8) is 0 Å². The van der Waals surface area contributed by atoms with E-state index in [0.717, 1.165) is 17.4 Å². The minimum absolute atomic E-state index is 0.0311. The number of nitrogens with zero attached hydrogens (tertiary/aromatic N) is 2. The summed E-state index contributed by atoms with van der Waals surface area (Å²) in [5.41, 5.74) is 3.84. The van der Waals surface area contributed by atoms with E-state index in [1.807, 2.05) is 31.3 Å². The molecule has 0 unspecified atom stereocenters. The highest BCUT2D eigenvalue weighted by Gasteiger charge is 2.15. The van der Waals surface area contributed by atoms with Crippen LogP contribution in [0.3, 0.4) is 0 Å². The highest BCUT2D eigenvalue weighted by molar-refractivity contribution is 5.86. The van der Waals surface area contributed by atoms with Crippen LogP contribution in [-0.2, 0) is 24.2 Å². The fraction of sp³-hybridized carbons (Fsp3) is 0.263. The van der Waals surface area contributed by atoms with E-state index in [1.54, 1.807) is 4.90 Å². The number of amides is 1. The molecule has 3 aromatic rings. The molecule has 0 fully saturated rings. The van der Waals surface area contributed by atoms with Crippen molar-refractivity contribution in [1.29, 1.82) is 0 Å². The summed E-state index contributed by atoms with van der Waals surface area (Å²) in [6, 6.07) is 16.0. The van der Waals surface area contributed by atoms with Crippen molar-refractivity contribution in [3.05, 3.63) is 65.4 Å². The normalized spacial score (nSPS) is 10.9. The summed E-state index contributed by atoms with van der Waals surface area (Å²) in [6.45, 7) is 2.73. The van der Waals surface area contributed by atoms with Gasteiger partial charge in [0.25, 0.3) is 0 Å². The molecule has 0 N–H and O–H groups in total. The van der Waals surface area contributed by atoms with Crippen LogP contribution in [0.2, 0.25) is 0 Å². The molecular weight excluding hydrogens is 288 g/mol. The molecule has 23 heavy (non-hydrogen) atoms. The number of aromatic nitrogens is 1. The fourth-order valence-electron chi connectivity index (χ4n) is 2.59. The second kappa shape index (κ2) is 6.65. The number of aryl methyl sites for hydroxylation is 1. The molecule has 118 valence electrons. The van der Waals surface area contributed by atoms with Gasteiger partial charge in [-0.3, -0.25) is 4.79 Å². The molecule has 0 atom stereocenters. The van der Waals surface area contributed by atoms with E-state index in [9.17, 15) is 4.79 Å². The molecule has 0 aliphatic heterocycles. The van der Waals surface area contributed by atoms with Gasteiger partial charge in [-0.1, -0.05) is 48.5 Å². The van der Waals surface area contributed by atoms with Gasteiger partial charge in [0.15, 0.2) is 5.58 Å². The smallest absolute Gasteiger partial charge is 0.228 e. The average Bonchev–Trinajstić information content (AvgIpc) is 2.98. The Morgan fingerprint density at radius 3 is 2.52 bits per heavy atom. The van der Waals surface area contributed by atoms with Gasteiger partial charge in [-0.05, 0) is 29.7 Å². The number of fused-ring (bicyclic) bond motifs is 1. The van der Waals surface area contributed by atoms with Gasteiger partial charge >= 0.3 is 0 Å². The maximum atomic E-state index is 12.4. The number of hydrogen-bond acceptors (Lipinski definition) is 3. The number of carbonyl (C=O) groups is 1. The van der Waals surface area contributed by atoms with Crippen LogP contribution in [0.15, 0.2) is 53.1 Å². The zero-order valence-corrected chi connectivity index (χ0v) is 13.5. The molecule has 0 aliphatic carbocycles. The predicted molar refractivity (Wildman–Crippen MR) is 90.0 cm³/mol. The van der Waals surface area contributed by atoms with Gasteiger partial charge in [-0.15, -0.1) is 0 Å². The molecule has 0 radical (unpaired) electrons. The van der Waals surface area contributed by atoms with Gasteiger partial charge in [0, 0.05) is 19.0 Å². The molecule has 3 rings (SSSR count). The number of carbonyl (C=O) groups excluding carboxylic acids is 1. The minimum atomic E-state index is 0.0311. The van der Waals surface area contributed by atoms with Crippen LogP contribution in [0.25, 0.3) is 11.0 Å². The number of hydrogen-bond donors (Lipinski definition) is 0. The summed E-state index contributed by atoms with van der Waals surface area (Å²) in [5, 5.41) is 4.93. The second-order valence-electron chi connectivity index (χ2n) is 5.72. The lowest BCUT2D eigenvalue weighted by molar-refractivity contribution is -0.129. The Morgan fingerprint density at radius 1 is 1.09 bits per heavy atom. The zero-order valence-electron chi connectivity index (χ0n) is 13.5. The Hall–Kier alpha value is -2.62. The van der Waals surface area contributed by atoms with Crippen molar-refractivity contribution in [2.45, 2.75) is 26.3 Å². The molecule has 2 aromatic carbocycles. The lowest BCUT2D eigenvalue weighted by Gasteiger charge is -2.17. The highest BCUT2D eigenvalue weighted by Crippen LogP contribution is 2.19. The van der Waals surface area contributed by atoms with Crippen molar-refractivity contribution < 1.29 is 9.32 Å². The van der Waals surface area contributed by atoms with E-state index in [1.165, 1.54) is 5.56 Å². The second-order valence-corrected chi connectivity index (χ2v) is 5.72. The van der Waals surface area contributed by atoms with Crippen LogP contribution in [0.4, 0.5) is 0 Å². The molecule has 1 amide bonds. The van der Waals surface area contributed by atoms with Crippen LogP contribution >= 0.6 is 0 Å². The summed E-state index contributed by atoms with van der Waals surface area (Å²) < 4.78 is 5.25. The van der Waals surface area contributed by atoms with Gasteiger partial charge in [0.2, 0.25) is 5.91 Å². The Balaban J connectivity index is 1.67.